The molecule has 2 aromatic rings. The molecule has 6 heteroatoms. The maximum atomic E-state index is 12.9. The molecule has 0 saturated heterocycles. The van der Waals surface area contributed by atoms with Gasteiger partial charge in [0.1, 0.15) is 0 Å². The molecule has 2 N–H and O–H groups in total. The number of hydrogen-bond donors (Lipinski definition) is 2. The highest BCUT2D eigenvalue weighted by Crippen LogP contribution is 2.27. The number of benzene rings is 2. The van der Waals surface area contributed by atoms with E-state index in [1.165, 1.54) is 24.0 Å². The van der Waals surface area contributed by atoms with Crippen LogP contribution in [0.2, 0.25) is 0 Å². The minimum absolute atomic E-state index is 0.0781. The minimum Gasteiger partial charge on any atom is -0.345 e. The van der Waals surface area contributed by atoms with Crippen LogP contribution in [-0.2, 0) is 22.9 Å². The van der Waals surface area contributed by atoms with Gasteiger partial charge < -0.3 is 5.32 Å². The second kappa shape index (κ2) is 8.35. The molecule has 0 aromatic heterocycles. The molecule has 1 amide bonds. The Labute approximate surface area is 167 Å². The predicted molar refractivity (Wildman–Crippen MR) is 113 cm³/mol. The summed E-state index contributed by atoms with van der Waals surface area (Å²) in [7, 11) is -3.40. The van der Waals surface area contributed by atoms with Crippen molar-refractivity contribution in [2.75, 3.05) is 11.0 Å². The molecular formula is C22H28N2O3S. The topological polar surface area (TPSA) is 75.3 Å². The Morgan fingerprint density at radius 3 is 2.50 bits per heavy atom. The van der Waals surface area contributed by atoms with E-state index in [0.717, 1.165) is 31.1 Å². The Kier molecular flexibility index (Phi) is 6.08. The van der Waals surface area contributed by atoms with Gasteiger partial charge in [0.15, 0.2) is 0 Å². The fourth-order valence-electron chi connectivity index (χ4n) is 3.82. The quantitative estimate of drug-likeness (QED) is 0.766. The highest BCUT2D eigenvalue weighted by atomic mass is 32.2. The molecule has 3 rings (SSSR count). The first-order chi connectivity index (χ1) is 13.3. The van der Waals surface area contributed by atoms with E-state index in [-0.39, 0.29) is 11.9 Å². The fourth-order valence-corrected chi connectivity index (χ4v) is 4.44. The van der Waals surface area contributed by atoms with Crippen LogP contribution in [0.3, 0.4) is 0 Å². The number of aryl methyl sites for hydroxylation is 2. The lowest BCUT2D eigenvalue weighted by Gasteiger charge is -2.22. The normalized spacial score (nSPS) is 14.8. The first kappa shape index (κ1) is 20.4. The molecule has 5 nitrogen and oxygen atoms in total. The zero-order valence-electron chi connectivity index (χ0n) is 16.7. The van der Waals surface area contributed by atoms with Gasteiger partial charge in [-0.1, -0.05) is 31.2 Å². The molecule has 2 aromatic carbocycles. The minimum atomic E-state index is -3.40. The molecule has 0 radical (unpaired) electrons. The highest BCUT2D eigenvalue weighted by Gasteiger charge is 2.19. The van der Waals surface area contributed by atoms with Crippen molar-refractivity contribution < 1.29 is 13.2 Å². The van der Waals surface area contributed by atoms with Crippen LogP contribution in [0.1, 0.15) is 64.8 Å². The van der Waals surface area contributed by atoms with E-state index in [2.05, 4.69) is 35.2 Å². The largest absolute Gasteiger partial charge is 0.345 e. The molecule has 1 atom stereocenters. The molecule has 0 bridgehead atoms. The van der Waals surface area contributed by atoms with Crippen molar-refractivity contribution in [3.8, 4) is 0 Å². The predicted octanol–water partition coefficient (Wildman–Crippen LogP) is 4.13. The van der Waals surface area contributed by atoms with E-state index in [1.807, 2.05) is 0 Å². The van der Waals surface area contributed by atoms with Gasteiger partial charge in [0, 0.05) is 5.56 Å². The van der Waals surface area contributed by atoms with Crippen molar-refractivity contribution in [2.24, 2.45) is 0 Å². The maximum Gasteiger partial charge on any atom is 0.252 e. The summed E-state index contributed by atoms with van der Waals surface area (Å²) < 4.78 is 25.6. The molecule has 150 valence electrons. The molecule has 28 heavy (non-hydrogen) atoms. The van der Waals surface area contributed by atoms with Gasteiger partial charge >= 0.3 is 0 Å². The first-order valence-corrected chi connectivity index (χ1v) is 11.7. The number of hydrogen-bond acceptors (Lipinski definition) is 3. The molecule has 0 unspecified atom stereocenters. The van der Waals surface area contributed by atoms with Gasteiger partial charge in [-0.2, -0.15) is 0 Å². The van der Waals surface area contributed by atoms with Gasteiger partial charge in [0.05, 0.1) is 18.0 Å². The van der Waals surface area contributed by atoms with Crippen LogP contribution in [0.4, 0.5) is 5.69 Å². The Morgan fingerprint density at radius 2 is 1.82 bits per heavy atom. The van der Waals surface area contributed by atoms with Gasteiger partial charge in [-0.15, -0.1) is 0 Å². The molecule has 1 aliphatic carbocycles. The van der Waals surface area contributed by atoms with Gasteiger partial charge in [-0.05, 0) is 73.4 Å². The van der Waals surface area contributed by atoms with Crippen molar-refractivity contribution in [3.05, 3.63) is 64.2 Å². The van der Waals surface area contributed by atoms with E-state index in [9.17, 15) is 13.2 Å². The van der Waals surface area contributed by atoms with Crippen molar-refractivity contribution in [1.29, 1.82) is 0 Å². The van der Waals surface area contributed by atoms with Crippen molar-refractivity contribution in [1.82, 2.24) is 5.32 Å². The third-order valence-electron chi connectivity index (χ3n) is 5.36. The van der Waals surface area contributed by atoms with Gasteiger partial charge in [0.25, 0.3) is 5.91 Å². The molecule has 0 aliphatic heterocycles. The van der Waals surface area contributed by atoms with Crippen LogP contribution in [0.5, 0.6) is 0 Å². The fraction of sp³-hybridized carbons (Fsp3) is 0.409. The van der Waals surface area contributed by atoms with E-state index >= 15 is 0 Å². The standard InChI is InChI=1S/C22H28N2O3S/c1-4-20(18-13-12-16-8-5-6-9-17(16)14-18)23-22(25)19-10-7-11-21(15(19)2)24-28(3,26)27/h7,10-14,20,24H,4-6,8-9H2,1-3H3,(H,23,25)/t20-/m0/s1. The van der Waals surface area contributed by atoms with E-state index in [4.69, 9.17) is 0 Å². The van der Waals surface area contributed by atoms with Crippen molar-refractivity contribution >= 4 is 21.6 Å². The van der Waals surface area contributed by atoms with Crippen LogP contribution in [0.15, 0.2) is 36.4 Å². The molecule has 0 fully saturated rings. The Bertz CT molecular complexity index is 983. The smallest absolute Gasteiger partial charge is 0.252 e. The lowest BCUT2D eigenvalue weighted by Crippen LogP contribution is -2.29. The average Bonchev–Trinajstić information content (AvgIpc) is 2.66. The zero-order chi connectivity index (χ0) is 20.3. The lowest BCUT2D eigenvalue weighted by molar-refractivity contribution is 0.0935. The maximum absolute atomic E-state index is 12.9. The lowest BCUT2D eigenvalue weighted by atomic mass is 9.88. The average molecular weight is 401 g/mol. The third kappa shape index (κ3) is 4.73. The second-order valence-electron chi connectivity index (χ2n) is 7.52. The van der Waals surface area contributed by atoms with Crippen LogP contribution in [0, 0.1) is 6.92 Å². The zero-order valence-corrected chi connectivity index (χ0v) is 17.5. The monoisotopic (exact) mass is 400 g/mol. The highest BCUT2D eigenvalue weighted by molar-refractivity contribution is 7.92. The number of amides is 1. The van der Waals surface area contributed by atoms with Gasteiger partial charge in [-0.3, -0.25) is 9.52 Å². The molecule has 0 heterocycles. The number of carbonyl (C=O) groups excluding carboxylic acids is 1. The summed E-state index contributed by atoms with van der Waals surface area (Å²) in [5, 5.41) is 3.12. The van der Waals surface area contributed by atoms with Crippen LogP contribution < -0.4 is 10.0 Å². The number of rotatable bonds is 6. The van der Waals surface area contributed by atoms with Crippen LogP contribution in [-0.4, -0.2) is 20.6 Å². The molecular weight excluding hydrogens is 372 g/mol. The Hall–Kier alpha value is -2.34. The van der Waals surface area contributed by atoms with Crippen LogP contribution in [0.25, 0.3) is 0 Å². The number of sulfonamides is 1. The van der Waals surface area contributed by atoms with Gasteiger partial charge in [0.2, 0.25) is 10.0 Å². The Morgan fingerprint density at radius 1 is 1.11 bits per heavy atom. The number of carbonyl (C=O) groups is 1. The van der Waals surface area contributed by atoms with Gasteiger partial charge in [-0.25, -0.2) is 8.42 Å². The first-order valence-electron chi connectivity index (χ1n) is 9.78. The summed E-state index contributed by atoms with van der Waals surface area (Å²) in [6.45, 7) is 3.81. The second-order valence-corrected chi connectivity index (χ2v) is 9.27. The third-order valence-corrected chi connectivity index (χ3v) is 5.95. The molecule has 0 spiro atoms. The summed E-state index contributed by atoms with van der Waals surface area (Å²) >= 11 is 0. The SMILES string of the molecule is CC[C@H](NC(=O)c1cccc(NS(C)(=O)=O)c1C)c1ccc2c(c1)CCCC2. The summed E-state index contributed by atoms with van der Waals surface area (Å²) in [6.07, 6.45) is 6.59. The Balaban J connectivity index is 1.82. The van der Waals surface area contributed by atoms with E-state index in [0.29, 0.717) is 16.8 Å². The number of nitrogens with one attached hydrogen (secondary N) is 2. The van der Waals surface area contributed by atoms with Crippen molar-refractivity contribution in [3.63, 3.8) is 0 Å². The van der Waals surface area contributed by atoms with Crippen LogP contribution >= 0.6 is 0 Å². The van der Waals surface area contributed by atoms with Crippen molar-refractivity contribution in [2.45, 2.75) is 52.0 Å². The molecule has 1 aliphatic rings. The molecule has 0 saturated carbocycles. The summed E-state index contributed by atoms with van der Waals surface area (Å²) in [5.41, 5.74) is 5.46. The number of anilines is 1. The van der Waals surface area contributed by atoms with E-state index in [1.54, 1.807) is 25.1 Å². The summed E-state index contributed by atoms with van der Waals surface area (Å²) in [6, 6.07) is 11.5. The van der Waals surface area contributed by atoms with E-state index < -0.39 is 10.0 Å². The summed E-state index contributed by atoms with van der Waals surface area (Å²) in [4.78, 5) is 12.9. The number of fused-ring (bicyclic) bond motifs is 1. The summed E-state index contributed by atoms with van der Waals surface area (Å²) in [5.74, 6) is -0.195.